The quantitative estimate of drug-likeness (QED) is 0.855. The average molecular weight is 281 g/mol. The van der Waals surface area contributed by atoms with Gasteiger partial charge in [0.05, 0.1) is 10.6 Å². The van der Waals surface area contributed by atoms with Gasteiger partial charge in [-0.25, -0.2) is 0 Å². The van der Waals surface area contributed by atoms with Crippen LogP contribution in [0.5, 0.6) is 0 Å². The number of aromatic nitrogens is 1. The van der Waals surface area contributed by atoms with E-state index in [9.17, 15) is 9.59 Å². The number of amides is 1. The molecular formula is C14H17ClN2O2. The van der Waals surface area contributed by atoms with Crippen LogP contribution < -0.4 is 0 Å². The molecule has 1 atom stereocenters. The third-order valence-electron chi connectivity index (χ3n) is 3.41. The van der Waals surface area contributed by atoms with Gasteiger partial charge in [-0.05, 0) is 32.3 Å². The minimum atomic E-state index is -0.0987. The fourth-order valence-electron chi connectivity index (χ4n) is 2.52. The van der Waals surface area contributed by atoms with Gasteiger partial charge in [0.2, 0.25) is 0 Å². The van der Waals surface area contributed by atoms with Crippen LogP contribution in [0.1, 0.15) is 43.0 Å². The molecule has 0 aliphatic carbocycles. The van der Waals surface area contributed by atoms with E-state index >= 15 is 0 Å². The Labute approximate surface area is 117 Å². The molecular weight excluding hydrogens is 264 g/mol. The van der Waals surface area contributed by atoms with E-state index < -0.39 is 0 Å². The monoisotopic (exact) mass is 280 g/mol. The van der Waals surface area contributed by atoms with Crippen molar-refractivity contribution in [3.63, 3.8) is 0 Å². The van der Waals surface area contributed by atoms with Crippen LogP contribution in [0.15, 0.2) is 18.5 Å². The van der Waals surface area contributed by atoms with Gasteiger partial charge >= 0.3 is 0 Å². The van der Waals surface area contributed by atoms with Crippen molar-refractivity contribution in [2.75, 3.05) is 6.54 Å². The van der Waals surface area contributed by atoms with Crippen LogP contribution in [-0.4, -0.2) is 34.2 Å². The molecule has 1 saturated heterocycles. The Morgan fingerprint density at radius 2 is 2.26 bits per heavy atom. The third-order valence-corrected chi connectivity index (χ3v) is 3.72. The molecule has 0 saturated carbocycles. The van der Waals surface area contributed by atoms with E-state index in [0.29, 0.717) is 23.6 Å². The van der Waals surface area contributed by atoms with E-state index in [1.165, 1.54) is 6.20 Å². The second-order valence-electron chi connectivity index (χ2n) is 4.91. The van der Waals surface area contributed by atoms with Gasteiger partial charge in [0.25, 0.3) is 5.91 Å². The molecule has 1 aromatic rings. The Kier molecular flexibility index (Phi) is 4.53. The van der Waals surface area contributed by atoms with E-state index in [4.69, 9.17) is 11.6 Å². The van der Waals surface area contributed by atoms with Gasteiger partial charge < -0.3 is 4.90 Å². The molecule has 1 amide bonds. The molecule has 5 heteroatoms. The highest BCUT2D eigenvalue weighted by Gasteiger charge is 2.29. The molecule has 19 heavy (non-hydrogen) atoms. The first-order valence-electron chi connectivity index (χ1n) is 6.49. The van der Waals surface area contributed by atoms with E-state index in [1.54, 1.807) is 24.1 Å². The van der Waals surface area contributed by atoms with Crippen LogP contribution >= 0.6 is 11.6 Å². The van der Waals surface area contributed by atoms with Gasteiger partial charge in [-0.2, -0.15) is 0 Å². The molecule has 2 rings (SSSR count). The van der Waals surface area contributed by atoms with Crippen molar-refractivity contribution in [1.82, 2.24) is 9.88 Å². The van der Waals surface area contributed by atoms with E-state index in [1.807, 2.05) is 0 Å². The predicted octanol–water partition coefficient (Wildman–Crippen LogP) is 2.71. The molecule has 0 spiro atoms. The number of carbonyl (C=O) groups is 2. The number of hydrogen-bond donors (Lipinski definition) is 0. The Bertz CT molecular complexity index is 490. The number of carbonyl (C=O) groups excluding carboxylic acids is 2. The number of rotatable bonds is 3. The molecule has 1 fully saturated rings. The van der Waals surface area contributed by atoms with E-state index in [-0.39, 0.29) is 17.7 Å². The van der Waals surface area contributed by atoms with Crippen molar-refractivity contribution in [3.8, 4) is 0 Å². The zero-order valence-corrected chi connectivity index (χ0v) is 11.7. The summed E-state index contributed by atoms with van der Waals surface area (Å²) in [5.74, 6) is 0.0175. The smallest absolute Gasteiger partial charge is 0.255 e. The summed E-state index contributed by atoms with van der Waals surface area (Å²) in [5.41, 5.74) is 0.465. The molecule has 4 nitrogen and oxygen atoms in total. The zero-order valence-electron chi connectivity index (χ0n) is 10.9. The first-order valence-corrected chi connectivity index (χ1v) is 6.87. The van der Waals surface area contributed by atoms with Crippen molar-refractivity contribution >= 4 is 23.3 Å². The zero-order chi connectivity index (χ0) is 13.8. The fourth-order valence-corrected chi connectivity index (χ4v) is 2.72. The number of hydrogen-bond acceptors (Lipinski definition) is 3. The number of likely N-dealkylation sites (tertiary alicyclic amines) is 1. The molecule has 1 aromatic heterocycles. The highest BCUT2D eigenvalue weighted by atomic mass is 35.5. The van der Waals surface area contributed by atoms with Gasteiger partial charge in [0, 0.05) is 31.4 Å². The first-order chi connectivity index (χ1) is 9.09. The van der Waals surface area contributed by atoms with Crippen molar-refractivity contribution in [2.45, 2.75) is 38.6 Å². The summed E-state index contributed by atoms with van der Waals surface area (Å²) in [6, 6.07) is 1.63. The van der Waals surface area contributed by atoms with Crippen LogP contribution in [-0.2, 0) is 4.79 Å². The lowest BCUT2D eigenvalue weighted by atomic mass is 9.97. The van der Waals surface area contributed by atoms with Crippen molar-refractivity contribution in [3.05, 3.63) is 29.0 Å². The third kappa shape index (κ3) is 3.32. The lowest BCUT2D eigenvalue weighted by molar-refractivity contribution is -0.118. The maximum atomic E-state index is 12.5. The number of Topliss-reactive ketones (excluding diaryl/α,β-unsaturated/α-hetero) is 1. The summed E-state index contributed by atoms with van der Waals surface area (Å²) in [6.45, 7) is 2.26. The lowest BCUT2D eigenvalue weighted by Gasteiger charge is -2.35. The van der Waals surface area contributed by atoms with Crippen LogP contribution in [0.2, 0.25) is 5.02 Å². The number of pyridine rings is 1. The SMILES string of the molecule is CC(=O)CC1CCCCN1C(=O)c1ccncc1Cl. The van der Waals surface area contributed by atoms with Gasteiger partial charge in [-0.3, -0.25) is 14.6 Å². The van der Waals surface area contributed by atoms with Gasteiger partial charge in [-0.15, -0.1) is 0 Å². The molecule has 0 radical (unpaired) electrons. The Hall–Kier alpha value is -1.42. The molecule has 0 bridgehead atoms. The van der Waals surface area contributed by atoms with Crippen molar-refractivity contribution in [1.29, 1.82) is 0 Å². The summed E-state index contributed by atoms with van der Waals surface area (Å²) in [7, 11) is 0. The molecule has 102 valence electrons. The summed E-state index contributed by atoms with van der Waals surface area (Å²) in [6.07, 6.45) is 6.37. The molecule has 0 N–H and O–H groups in total. The average Bonchev–Trinajstić information content (AvgIpc) is 2.38. The number of piperidine rings is 1. The second kappa shape index (κ2) is 6.15. The maximum Gasteiger partial charge on any atom is 0.255 e. The van der Waals surface area contributed by atoms with Gasteiger partial charge in [0.1, 0.15) is 5.78 Å². The van der Waals surface area contributed by atoms with Crippen LogP contribution in [0.25, 0.3) is 0 Å². The minimum absolute atomic E-state index is 0.00276. The van der Waals surface area contributed by atoms with Crippen molar-refractivity contribution in [2.24, 2.45) is 0 Å². The van der Waals surface area contributed by atoms with Crippen LogP contribution in [0, 0.1) is 0 Å². The molecule has 1 aliphatic heterocycles. The second-order valence-corrected chi connectivity index (χ2v) is 5.32. The molecule has 1 unspecified atom stereocenters. The summed E-state index contributed by atoms with van der Waals surface area (Å²) in [4.78, 5) is 29.5. The highest BCUT2D eigenvalue weighted by molar-refractivity contribution is 6.33. The molecule has 0 aromatic carbocycles. The summed E-state index contributed by atoms with van der Waals surface area (Å²) < 4.78 is 0. The fraction of sp³-hybridized carbons (Fsp3) is 0.500. The Morgan fingerprint density at radius 3 is 2.95 bits per heavy atom. The van der Waals surface area contributed by atoms with Gasteiger partial charge in [0.15, 0.2) is 0 Å². The predicted molar refractivity (Wildman–Crippen MR) is 73.2 cm³/mol. The van der Waals surface area contributed by atoms with E-state index in [2.05, 4.69) is 4.98 Å². The first kappa shape index (κ1) is 14.0. The Balaban J connectivity index is 2.20. The minimum Gasteiger partial charge on any atom is -0.335 e. The summed E-state index contributed by atoms with van der Waals surface area (Å²) >= 11 is 6.01. The highest BCUT2D eigenvalue weighted by Crippen LogP contribution is 2.24. The number of ketones is 1. The van der Waals surface area contributed by atoms with E-state index in [0.717, 1.165) is 19.3 Å². The van der Waals surface area contributed by atoms with Crippen molar-refractivity contribution < 1.29 is 9.59 Å². The topological polar surface area (TPSA) is 50.3 Å². The molecule has 1 aliphatic rings. The normalized spacial score (nSPS) is 19.3. The lowest BCUT2D eigenvalue weighted by Crippen LogP contribution is -2.44. The standard InChI is InChI=1S/C14H17ClN2O2/c1-10(18)8-11-4-2-3-7-17(11)14(19)12-5-6-16-9-13(12)15/h5-6,9,11H,2-4,7-8H2,1H3. The molecule has 2 heterocycles. The number of halogens is 1. The summed E-state index contributed by atoms with van der Waals surface area (Å²) in [5, 5.41) is 0.361. The Morgan fingerprint density at radius 1 is 1.47 bits per heavy atom. The van der Waals surface area contributed by atoms with Gasteiger partial charge in [-0.1, -0.05) is 11.6 Å². The van der Waals surface area contributed by atoms with Crippen LogP contribution in [0.3, 0.4) is 0 Å². The number of nitrogens with zero attached hydrogens (tertiary/aromatic N) is 2. The van der Waals surface area contributed by atoms with Crippen LogP contribution in [0.4, 0.5) is 0 Å². The maximum absolute atomic E-state index is 12.5. The largest absolute Gasteiger partial charge is 0.335 e.